The van der Waals surface area contributed by atoms with Crippen LogP contribution in [0.1, 0.15) is 165 Å². The first kappa shape index (κ1) is 111. The highest BCUT2D eigenvalue weighted by Crippen LogP contribution is 2.53. The van der Waals surface area contributed by atoms with Crippen molar-refractivity contribution in [2.45, 2.75) is 317 Å². The van der Waals surface area contributed by atoms with Gasteiger partial charge in [0, 0.05) is 85.9 Å². The van der Waals surface area contributed by atoms with Gasteiger partial charge in [-0.3, -0.25) is 0 Å². The molecule has 0 saturated carbocycles. The summed E-state index contributed by atoms with van der Waals surface area (Å²) >= 11 is 3.25. The first-order valence-electron chi connectivity index (χ1n) is 42.2. The highest BCUT2D eigenvalue weighted by atomic mass is 79.9. The van der Waals surface area contributed by atoms with Crippen LogP contribution in [0.4, 0.5) is 0 Å². The van der Waals surface area contributed by atoms with Crippen LogP contribution in [-0.2, 0) is 103 Å². The summed E-state index contributed by atoms with van der Waals surface area (Å²) in [7, 11) is -6.86. The van der Waals surface area contributed by atoms with Crippen molar-refractivity contribution in [1.82, 2.24) is 4.67 Å². The predicted molar refractivity (Wildman–Crippen MR) is 479 cm³/mol. The smallest absolute Gasteiger partial charge is 0.259 e. The molecule has 2 N–H and O–H groups in total. The third-order valence-electron chi connectivity index (χ3n) is 21.1. The van der Waals surface area contributed by atoms with Gasteiger partial charge in [-0.1, -0.05) is 104 Å². The van der Waals surface area contributed by atoms with E-state index in [0.717, 1.165) is 39.6 Å². The average molecular weight is 1840 g/mol. The number of hydrogen-bond donors (Lipinski definition) is 2. The number of halogens is 1. The lowest BCUT2D eigenvalue weighted by Gasteiger charge is -2.38. The lowest BCUT2D eigenvalue weighted by Crippen LogP contribution is -2.41. The number of ether oxygens (including phenoxy) is 16. The normalized spacial score (nSPS) is 33.9. The van der Waals surface area contributed by atoms with Crippen molar-refractivity contribution in [2.75, 3.05) is 137 Å². The SMILES string of the molecule is C=C(CC)[C@H]1O[C@@H]2OC(C)(C)O[C@@H]2[C@@H]1C.C=C(CP(C)(C)=O)[C@H]1O[C@@H](C)[C@H](O)[C@@H]1C.C=C(CP(C)(C)=O)[C@H]1O[C@@H](C)[C@H](OCCOC)[C@@H]1C.C=C(CP(C)(C)=O)[C@H]1O[C@@H]2OC(C)(C)O[C@@H]2[C@@H]1C.CCCBr.CC[C@@H](O)[C@H]1O[C@@H]2OC(C)(C)O[C@@H]2[C@@H]1C.[C-]#[N+]CCOP(O[C@H]1[C@@H](OCCOC)[C@H](C)O[C@@H]1C(=C)CP(C)(C)=O)N(C(C)C)C(C)C. The zero-order valence-corrected chi connectivity index (χ0v) is 84.0. The minimum Gasteiger partial charge on any atom is -0.390 e. The van der Waals surface area contributed by atoms with Crippen molar-refractivity contribution < 1.29 is 113 Å². The number of aliphatic hydroxyl groups is 2. The van der Waals surface area contributed by atoms with Crippen LogP contribution in [0.3, 0.4) is 0 Å². The van der Waals surface area contributed by atoms with Crippen molar-refractivity contribution in [3.63, 3.8) is 0 Å². The van der Waals surface area contributed by atoms with Crippen LogP contribution in [0.2, 0.25) is 0 Å². The summed E-state index contributed by atoms with van der Waals surface area (Å²) in [6, 6.07) is 0.351. The molecule has 690 valence electrons. The van der Waals surface area contributed by atoms with Crippen molar-refractivity contribution >= 4 is 53.0 Å². The molecule has 9 rings (SSSR count). The van der Waals surface area contributed by atoms with Gasteiger partial charge in [0.1, 0.15) is 43.2 Å². The Morgan fingerprint density at radius 2 is 0.839 bits per heavy atom. The molecule has 0 aromatic rings. The second-order valence-corrected chi connectivity index (χ2v) is 52.7. The Hall–Kier alpha value is -0.820. The Labute approximate surface area is 722 Å². The van der Waals surface area contributed by atoms with Crippen molar-refractivity contribution in [1.29, 1.82) is 0 Å². The summed E-state index contributed by atoms with van der Waals surface area (Å²) in [5, 5.41) is 20.7. The number of alkyl halides is 1. The third-order valence-corrected chi connectivity index (χ3v) is 28.7. The van der Waals surface area contributed by atoms with Crippen LogP contribution in [-0.4, -0.2) is 304 Å². The van der Waals surface area contributed by atoms with Crippen LogP contribution in [0.15, 0.2) is 60.8 Å². The Bertz CT molecular complexity index is 3330. The zero-order valence-electron chi connectivity index (χ0n) is 77.9. The Balaban J connectivity index is 0.000000371. The molecule has 9 aliphatic heterocycles. The predicted octanol–water partition coefficient (Wildman–Crippen LogP) is 17.4. The van der Waals surface area contributed by atoms with Gasteiger partial charge in [-0.25, -0.2) is 11.2 Å². The molecule has 0 spiro atoms. The van der Waals surface area contributed by atoms with E-state index >= 15 is 0 Å². The first-order chi connectivity index (χ1) is 54.3. The van der Waals surface area contributed by atoms with Crippen molar-refractivity contribution in [2.24, 2.45) is 29.6 Å². The highest BCUT2D eigenvalue weighted by molar-refractivity contribution is 9.09. The fourth-order valence-electron chi connectivity index (χ4n) is 15.9. The molecule has 26 atom stereocenters. The first-order valence-corrected chi connectivity index (χ1v) is 55.6. The van der Waals surface area contributed by atoms with Gasteiger partial charge in [-0.05, 0) is 190 Å². The van der Waals surface area contributed by atoms with E-state index in [1.807, 2.05) is 83.1 Å². The minimum atomic E-state index is -2.34. The molecule has 1 unspecified atom stereocenters. The van der Waals surface area contributed by atoms with Gasteiger partial charge in [0.15, 0.2) is 36.2 Å². The second-order valence-electron chi connectivity index (χ2n) is 36.7. The molecule has 118 heavy (non-hydrogen) atoms. The maximum Gasteiger partial charge on any atom is 0.259 e. The van der Waals surface area contributed by atoms with Gasteiger partial charge in [0.05, 0.1) is 122 Å². The van der Waals surface area contributed by atoms with Crippen LogP contribution >= 0.6 is 53.0 Å². The minimum absolute atomic E-state index is 0.0294. The fourth-order valence-corrected chi connectivity index (χ4v) is 22.2. The topological polar surface area (TPSA) is 282 Å². The van der Waals surface area contributed by atoms with E-state index in [1.54, 1.807) is 67.5 Å². The van der Waals surface area contributed by atoms with E-state index in [9.17, 15) is 28.5 Å². The maximum absolute atomic E-state index is 12.5. The summed E-state index contributed by atoms with van der Waals surface area (Å²) in [5.41, 5.74) is 4.52. The van der Waals surface area contributed by atoms with Crippen LogP contribution in [0.5, 0.6) is 0 Å². The molecule has 9 saturated heterocycles. The molecular formula is C86H160BrN2O24P5. The highest BCUT2D eigenvalue weighted by Gasteiger charge is 2.57. The van der Waals surface area contributed by atoms with E-state index in [0.29, 0.717) is 63.4 Å². The van der Waals surface area contributed by atoms with E-state index in [4.69, 9.17) is 91.4 Å². The number of methoxy groups -OCH3 is 2. The number of hydrogen-bond acceptors (Lipinski definition) is 25. The van der Waals surface area contributed by atoms with Crippen LogP contribution in [0.25, 0.3) is 4.85 Å². The lowest BCUT2D eigenvalue weighted by molar-refractivity contribution is -0.219. The van der Waals surface area contributed by atoms with Gasteiger partial charge in [0.2, 0.25) is 6.54 Å². The number of fused-ring (bicyclic) bond motifs is 3. The summed E-state index contributed by atoms with van der Waals surface area (Å²) in [4.78, 5) is 3.40. The lowest BCUT2D eigenvalue weighted by atomic mass is 9.94. The van der Waals surface area contributed by atoms with Crippen LogP contribution in [0, 0.1) is 36.2 Å². The summed E-state index contributed by atoms with van der Waals surface area (Å²) < 4.78 is 154. The molecule has 0 aromatic heterocycles. The molecule has 0 radical (unpaired) electrons. The van der Waals surface area contributed by atoms with E-state index in [2.05, 4.69) is 121 Å². The van der Waals surface area contributed by atoms with Gasteiger partial charge < -0.3 is 118 Å². The second kappa shape index (κ2) is 49.7. The Morgan fingerprint density at radius 3 is 1.18 bits per heavy atom. The molecule has 9 heterocycles. The number of nitrogens with zero attached hydrogens (tertiary/aromatic N) is 2. The summed E-state index contributed by atoms with van der Waals surface area (Å²) in [6.45, 7) is 86.1. The molecule has 26 nitrogen and oxygen atoms in total. The quantitative estimate of drug-likeness (QED) is 0.0203. The maximum atomic E-state index is 12.5. The van der Waals surface area contributed by atoms with Crippen molar-refractivity contribution in [3.05, 3.63) is 72.2 Å². The molecule has 0 bridgehead atoms. The molecule has 32 heteroatoms. The number of aliphatic hydroxyl groups excluding tert-OH is 2. The molecule has 9 fully saturated rings. The summed E-state index contributed by atoms with van der Waals surface area (Å²) in [6.07, 6.45) is 0.998. The largest absolute Gasteiger partial charge is 0.390 e. The molecular weight excluding hydrogens is 1680 g/mol. The zero-order chi connectivity index (χ0) is 90.5. The van der Waals surface area contributed by atoms with Gasteiger partial charge >= 0.3 is 0 Å². The molecule has 0 amide bonds. The molecule has 9 aliphatic rings. The van der Waals surface area contributed by atoms with Gasteiger partial charge in [0.25, 0.3) is 8.53 Å². The fraction of sp³-hybridized carbons (Fsp3) is 0.872. The Kier molecular flexibility index (Phi) is 46.9. The average Bonchev–Trinajstić information content (AvgIpc) is 1.62. The monoisotopic (exact) mass is 1840 g/mol. The Morgan fingerprint density at radius 1 is 0.492 bits per heavy atom. The van der Waals surface area contributed by atoms with E-state index in [1.165, 1.54) is 6.42 Å². The van der Waals surface area contributed by atoms with Crippen LogP contribution < -0.4 is 0 Å². The summed E-state index contributed by atoms with van der Waals surface area (Å²) in [5.74, 6) is -0.717. The van der Waals surface area contributed by atoms with Crippen molar-refractivity contribution in [3.8, 4) is 0 Å². The van der Waals surface area contributed by atoms with Gasteiger partial charge in [-0.15, -0.1) is 0 Å². The number of rotatable bonds is 33. The molecule has 0 aromatic carbocycles. The standard InChI is InChI=1S/C22H42N2O6P2.C14H27O4P.C13H23O4P.C12H20O3.C11H20O4.C11H21O3P.C3H7Br/c1-16(2)24(17(3)4)31(28-12-11-23-7)30-22-20(18(5)15-32(9,10)25)29-19(6)21(22)27-14-13-26-8;1-10(9-19(5,6)15)13-11(2)14(12(3)18-13)17-8-7-16-4;1-8(7-18(5,6)14)10-9(2)11-12(15-10)17-13(3,4)16-11;1-6-7(2)9-8(3)10-11(13-9)15-12(4,5)14-10;1-5-7(12)8-6(2)9-10(13-8)15-11(3,4)14-9;1-7(6-15(4,5)13)11-8(2)10(12)9(3)14-11;1-2-3-4/h16-17,19-22H,5,11-15H2,1-4,6,8-10H3;11-14H,1,7-9H2,2-6H3;9-12H,1,7H2,2-6H3;8-11H,2,6H2,1,3-5H3;6-10,12H,5H2,1-4H3;8-12H,1,6H2,2-5H3;2-3H2,1H3/t19-,20+,21-,22+,31?;11-,12+,13-,14-;9-,10-,11-,12-;8-,9-,10-,11-;6-,7-,8+,9-,10-;8-,9-,10+,11+;/m011110./s1. The molecule has 0 aliphatic carbocycles. The van der Waals surface area contributed by atoms with E-state index < -0.39 is 78.9 Å². The third kappa shape index (κ3) is 35.7. The van der Waals surface area contributed by atoms with E-state index in [-0.39, 0.29) is 147 Å². The van der Waals surface area contributed by atoms with Gasteiger partial charge in [-0.2, -0.15) is 0 Å².